The van der Waals surface area contributed by atoms with Crippen molar-refractivity contribution in [3.8, 4) is 0 Å². The van der Waals surface area contributed by atoms with Gasteiger partial charge in [-0.2, -0.15) is 0 Å². The zero-order chi connectivity index (χ0) is 14.3. The molecule has 0 aromatic rings. The minimum absolute atomic E-state index is 0.0115. The van der Waals surface area contributed by atoms with Gasteiger partial charge >= 0.3 is 5.97 Å². The van der Waals surface area contributed by atoms with Gasteiger partial charge in [-0.15, -0.1) is 0 Å². The van der Waals surface area contributed by atoms with Gasteiger partial charge in [-0.25, -0.2) is 0 Å². The molecule has 19 heavy (non-hydrogen) atoms. The number of hydrogen-bond acceptors (Lipinski definition) is 4. The molecule has 0 bridgehead atoms. The lowest BCUT2D eigenvalue weighted by molar-refractivity contribution is -0.156. The van der Waals surface area contributed by atoms with Gasteiger partial charge in [0.15, 0.2) is 0 Å². The summed E-state index contributed by atoms with van der Waals surface area (Å²) in [7, 11) is 0. The molecule has 0 aromatic heterocycles. The Labute approximate surface area is 114 Å². The summed E-state index contributed by atoms with van der Waals surface area (Å²) < 4.78 is 11.0. The van der Waals surface area contributed by atoms with Crippen LogP contribution in [0.25, 0.3) is 0 Å². The van der Waals surface area contributed by atoms with Crippen LogP contribution >= 0.6 is 0 Å². The molecular formula is C15H24O4. The molecule has 0 spiro atoms. The fourth-order valence-corrected chi connectivity index (χ4v) is 3.45. The lowest BCUT2D eigenvalue weighted by atomic mass is 9.78. The zero-order valence-electron chi connectivity index (χ0n) is 12.3. The largest absolute Gasteiger partial charge is 0.460 e. The topological polar surface area (TPSA) is 52.6 Å². The van der Waals surface area contributed by atoms with Crippen molar-refractivity contribution in [2.75, 3.05) is 6.61 Å². The van der Waals surface area contributed by atoms with Crippen LogP contribution in [0.1, 0.15) is 53.4 Å². The van der Waals surface area contributed by atoms with Crippen LogP contribution in [0, 0.1) is 11.3 Å². The van der Waals surface area contributed by atoms with Gasteiger partial charge in [0.1, 0.15) is 11.4 Å². The van der Waals surface area contributed by atoms with Gasteiger partial charge in [0.25, 0.3) is 0 Å². The van der Waals surface area contributed by atoms with Crippen LogP contribution in [0.4, 0.5) is 0 Å². The van der Waals surface area contributed by atoms with E-state index >= 15 is 0 Å². The molecule has 1 aliphatic carbocycles. The van der Waals surface area contributed by atoms with Gasteiger partial charge in [0.05, 0.1) is 11.5 Å². The fraction of sp³-hybridized carbons (Fsp3) is 0.867. The highest BCUT2D eigenvalue weighted by Crippen LogP contribution is 2.51. The predicted octanol–water partition coefficient (Wildman–Crippen LogP) is 2.49. The highest BCUT2D eigenvalue weighted by atomic mass is 16.6. The Morgan fingerprint density at radius 1 is 1.37 bits per heavy atom. The van der Waals surface area contributed by atoms with E-state index in [1.165, 1.54) is 0 Å². The number of fused-ring (bicyclic) bond motifs is 1. The molecule has 2 rings (SSSR count). The molecule has 1 aliphatic heterocycles. The van der Waals surface area contributed by atoms with Crippen LogP contribution in [-0.2, 0) is 19.1 Å². The van der Waals surface area contributed by atoms with Gasteiger partial charge in [-0.3, -0.25) is 9.59 Å². The smallest absolute Gasteiger partial charge is 0.306 e. The minimum Gasteiger partial charge on any atom is -0.460 e. The Bertz CT molecular complexity index is 382. The first-order chi connectivity index (χ1) is 8.73. The molecule has 2 aliphatic rings. The van der Waals surface area contributed by atoms with Crippen molar-refractivity contribution in [2.45, 2.75) is 65.1 Å². The molecule has 1 saturated carbocycles. The van der Waals surface area contributed by atoms with E-state index in [2.05, 4.69) is 0 Å². The molecule has 0 aromatic carbocycles. The maximum atomic E-state index is 11.9. The van der Waals surface area contributed by atoms with Crippen LogP contribution in [-0.4, -0.2) is 30.1 Å². The average molecular weight is 268 g/mol. The third-order valence-electron chi connectivity index (χ3n) is 4.26. The second kappa shape index (κ2) is 4.89. The van der Waals surface area contributed by atoms with Crippen LogP contribution in [0.3, 0.4) is 0 Å². The quantitative estimate of drug-likeness (QED) is 0.738. The third-order valence-corrected chi connectivity index (χ3v) is 4.26. The Morgan fingerprint density at radius 2 is 2.05 bits per heavy atom. The monoisotopic (exact) mass is 268 g/mol. The molecule has 0 N–H and O–H groups in total. The van der Waals surface area contributed by atoms with E-state index in [-0.39, 0.29) is 29.2 Å². The average Bonchev–Trinajstić information content (AvgIpc) is 2.70. The predicted molar refractivity (Wildman–Crippen MR) is 70.7 cm³/mol. The SMILES string of the molecule is CC(=O)[C@@]12CCO[C@@H]1C[C@@H](CC(=O)OC(C)(C)C)C2. The van der Waals surface area contributed by atoms with E-state index in [1.54, 1.807) is 6.92 Å². The van der Waals surface area contributed by atoms with Gasteiger partial charge in [-0.05, 0) is 52.9 Å². The molecule has 0 amide bonds. The molecule has 0 unspecified atom stereocenters. The summed E-state index contributed by atoms with van der Waals surface area (Å²) in [5.74, 6) is 0.252. The first-order valence-electron chi connectivity index (χ1n) is 7.07. The maximum absolute atomic E-state index is 11.9. The Hall–Kier alpha value is -0.900. The number of ether oxygens (including phenoxy) is 2. The van der Waals surface area contributed by atoms with E-state index in [4.69, 9.17) is 9.47 Å². The molecule has 4 heteroatoms. The first kappa shape index (κ1) is 14.5. The maximum Gasteiger partial charge on any atom is 0.306 e. The minimum atomic E-state index is -0.444. The third kappa shape index (κ3) is 2.99. The van der Waals surface area contributed by atoms with E-state index < -0.39 is 5.60 Å². The van der Waals surface area contributed by atoms with Gasteiger partial charge in [-0.1, -0.05) is 0 Å². The summed E-state index contributed by atoms with van der Waals surface area (Å²) in [4.78, 5) is 23.8. The Morgan fingerprint density at radius 3 is 2.58 bits per heavy atom. The number of carbonyl (C=O) groups excluding carboxylic acids is 2. The molecule has 1 heterocycles. The van der Waals surface area contributed by atoms with Crippen molar-refractivity contribution in [1.29, 1.82) is 0 Å². The number of ketones is 1. The zero-order valence-corrected chi connectivity index (χ0v) is 12.3. The van der Waals surface area contributed by atoms with Crippen LogP contribution in [0.15, 0.2) is 0 Å². The standard InChI is InChI=1S/C15H24O4/c1-10(16)15-5-6-18-12(15)7-11(9-15)8-13(17)19-14(2,3)4/h11-12H,5-9H2,1-4H3/t11-,12+,15-/m0/s1. The Balaban J connectivity index is 1.95. The number of rotatable bonds is 3. The highest BCUT2D eigenvalue weighted by molar-refractivity contribution is 5.84. The van der Waals surface area contributed by atoms with Gasteiger partial charge in [0.2, 0.25) is 0 Å². The number of hydrogen-bond donors (Lipinski definition) is 0. The second-order valence-corrected chi connectivity index (χ2v) is 6.92. The summed E-state index contributed by atoms with van der Waals surface area (Å²) in [5.41, 5.74) is -0.771. The van der Waals surface area contributed by atoms with Crippen molar-refractivity contribution < 1.29 is 19.1 Å². The number of carbonyl (C=O) groups is 2. The van der Waals surface area contributed by atoms with E-state index in [0.29, 0.717) is 13.0 Å². The van der Waals surface area contributed by atoms with E-state index in [0.717, 1.165) is 19.3 Å². The van der Waals surface area contributed by atoms with Crippen molar-refractivity contribution in [2.24, 2.45) is 11.3 Å². The Kier molecular flexibility index (Phi) is 3.74. The number of esters is 1. The first-order valence-corrected chi connectivity index (χ1v) is 7.07. The number of Topliss-reactive ketones (excluding diaryl/α,β-unsaturated/α-hetero) is 1. The normalized spacial score (nSPS) is 34.1. The molecule has 108 valence electrons. The fourth-order valence-electron chi connectivity index (χ4n) is 3.45. The lowest BCUT2D eigenvalue weighted by Crippen LogP contribution is -2.32. The highest BCUT2D eigenvalue weighted by Gasteiger charge is 2.54. The lowest BCUT2D eigenvalue weighted by Gasteiger charge is -2.24. The van der Waals surface area contributed by atoms with E-state index in [9.17, 15) is 9.59 Å². The van der Waals surface area contributed by atoms with E-state index in [1.807, 2.05) is 20.8 Å². The van der Waals surface area contributed by atoms with Crippen molar-refractivity contribution in [3.05, 3.63) is 0 Å². The van der Waals surface area contributed by atoms with Gasteiger partial charge < -0.3 is 9.47 Å². The summed E-state index contributed by atoms with van der Waals surface area (Å²) in [6.45, 7) is 7.93. The van der Waals surface area contributed by atoms with Crippen molar-refractivity contribution >= 4 is 11.8 Å². The van der Waals surface area contributed by atoms with Gasteiger partial charge in [0, 0.05) is 13.0 Å². The van der Waals surface area contributed by atoms with Crippen LogP contribution in [0.5, 0.6) is 0 Å². The molecular weight excluding hydrogens is 244 g/mol. The summed E-state index contributed by atoms with van der Waals surface area (Å²) in [6.07, 6.45) is 2.78. The molecule has 1 saturated heterocycles. The molecule has 4 nitrogen and oxygen atoms in total. The summed E-state index contributed by atoms with van der Waals surface area (Å²) in [6, 6.07) is 0. The molecule has 0 radical (unpaired) electrons. The summed E-state index contributed by atoms with van der Waals surface area (Å²) in [5, 5.41) is 0. The van der Waals surface area contributed by atoms with Crippen molar-refractivity contribution in [3.63, 3.8) is 0 Å². The van der Waals surface area contributed by atoms with Crippen LogP contribution in [0.2, 0.25) is 0 Å². The molecule has 2 fully saturated rings. The van der Waals surface area contributed by atoms with Crippen LogP contribution < -0.4 is 0 Å². The van der Waals surface area contributed by atoms with Crippen molar-refractivity contribution in [1.82, 2.24) is 0 Å². The molecule has 3 atom stereocenters. The summed E-state index contributed by atoms with van der Waals surface area (Å²) >= 11 is 0. The second-order valence-electron chi connectivity index (χ2n) is 6.92.